The summed E-state index contributed by atoms with van der Waals surface area (Å²) in [5.41, 5.74) is 0.0181. The summed E-state index contributed by atoms with van der Waals surface area (Å²) < 4.78 is 20.9. The van der Waals surface area contributed by atoms with Gasteiger partial charge in [0.25, 0.3) is 0 Å². The first-order valence-electron chi connectivity index (χ1n) is 4.47. The van der Waals surface area contributed by atoms with Crippen molar-refractivity contribution in [3.63, 3.8) is 0 Å². The molecule has 0 amide bonds. The molecule has 1 rings (SSSR count). The molecule has 2 N–H and O–H groups in total. The molecule has 1 aromatic rings. The molecule has 1 aromatic carbocycles. The molecule has 17 heavy (non-hydrogen) atoms. The van der Waals surface area contributed by atoms with Crippen molar-refractivity contribution in [3.8, 4) is 11.5 Å². The van der Waals surface area contributed by atoms with Crippen molar-refractivity contribution in [2.24, 2.45) is 0 Å². The van der Waals surface area contributed by atoms with Gasteiger partial charge in [-0.2, -0.15) is 0 Å². The fraction of sp³-hybridized carbons (Fsp3) is 0.200. The maximum atomic E-state index is 11.1. The summed E-state index contributed by atoms with van der Waals surface area (Å²) in [6.45, 7) is 0. The van der Waals surface area contributed by atoms with E-state index >= 15 is 0 Å². The highest BCUT2D eigenvalue weighted by molar-refractivity contribution is 7.64. The molecule has 0 aliphatic carbocycles. The SMILES string of the molecule is COc1cc(OC)cc(C(=C=O)P(=O)(O)O)c1. The van der Waals surface area contributed by atoms with Gasteiger partial charge in [-0.1, -0.05) is 0 Å². The van der Waals surface area contributed by atoms with E-state index < -0.39 is 12.9 Å². The Hall–Kier alpha value is -1.58. The van der Waals surface area contributed by atoms with Crippen molar-refractivity contribution < 1.29 is 28.6 Å². The Morgan fingerprint density at radius 2 is 1.65 bits per heavy atom. The summed E-state index contributed by atoms with van der Waals surface area (Å²) in [7, 11) is -1.90. The Balaban J connectivity index is 3.40. The molecular formula is C10H11O6P. The topological polar surface area (TPSA) is 93.1 Å². The lowest BCUT2D eigenvalue weighted by atomic mass is 10.2. The fourth-order valence-electron chi connectivity index (χ4n) is 1.23. The van der Waals surface area contributed by atoms with Crippen LogP contribution >= 0.6 is 7.60 Å². The molecule has 0 spiro atoms. The van der Waals surface area contributed by atoms with Gasteiger partial charge in [-0.05, 0) is 12.1 Å². The number of ether oxygens (including phenoxy) is 2. The van der Waals surface area contributed by atoms with E-state index in [2.05, 4.69) is 0 Å². The summed E-state index contributed by atoms with van der Waals surface area (Å²) in [6, 6.07) is 4.16. The zero-order valence-corrected chi connectivity index (χ0v) is 10.1. The van der Waals surface area contributed by atoms with Crippen LogP contribution in [0.3, 0.4) is 0 Å². The summed E-state index contributed by atoms with van der Waals surface area (Å²) in [4.78, 5) is 28.6. The van der Waals surface area contributed by atoms with Gasteiger partial charge in [0.05, 0.1) is 14.2 Å². The minimum absolute atomic E-state index is 0.0181. The normalized spacial score (nSPS) is 10.6. The minimum atomic E-state index is -4.68. The van der Waals surface area contributed by atoms with Crippen molar-refractivity contribution >= 4 is 18.9 Å². The molecule has 0 saturated heterocycles. The lowest BCUT2D eigenvalue weighted by molar-refractivity contribution is 0.388. The molecule has 0 atom stereocenters. The van der Waals surface area contributed by atoms with Crippen LogP contribution in [0, 0.1) is 0 Å². The van der Waals surface area contributed by atoms with Gasteiger partial charge in [0, 0.05) is 11.6 Å². The molecule has 0 bridgehead atoms. The zero-order chi connectivity index (χ0) is 13.1. The van der Waals surface area contributed by atoms with Gasteiger partial charge in [0.2, 0.25) is 0 Å². The van der Waals surface area contributed by atoms with Crippen molar-refractivity contribution in [3.05, 3.63) is 23.8 Å². The van der Waals surface area contributed by atoms with Crippen LogP contribution in [0.4, 0.5) is 0 Å². The van der Waals surface area contributed by atoms with Crippen LogP contribution in [-0.2, 0) is 9.36 Å². The van der Waals surface area contributed by atoms with Crippen LogP contribution in [0.1, 0.15) is 5.56 Å². The lowest BCUT2D eigenvalue weighted by Gasteiger charge is -2.09. The number of carbonyl (C=O) groups excluding carboxylic acids is 1. The Labute approximate surface area is 97.6 Å². The molecule has 0 aliphatic heterocycles. The monoisotopic (exact) mass is 258 g/mol. The fourth-order valence-corrected chi connectivity index (χ4v) is 1.82. The number of methoxy groups -OCH3 is 2. The third-order valence-corrected chi connectivity index (χ3v) is 2.94. The predicted molar refractivity (Wildman–Crippen MR) is 60.7 cm³/mol. The van der Waals surface area contributed by atoms with Crippen molar-refractivity contribution in [2.45, 2.75) is 0 Å². The van der Waals surface area contributed by atoms with Crippen LogP contribution in [0.15, 0.2) is 18.2 Å². The molecule has 0 unspecified atom stereocenters. The largest absolute Gasteiger partial charge is 0.497 e. The highest BCUT2D eigenvalue weighted by Crippen LogP contribution is 2.50. The summed E-state index contributed by atoms with van der Waals surface area (Å²) in [5, 5.41) is -0.727. The molecule has 92 valence electrons. The van der Waals surface area contributed by atoms with Gasteiger partial charge in [0.15, 0.2) is 5.31 Å². The highest BCUT2D eigenvalue weighted by Gasteiger charge is 2.25. The molecular weight excluding hydrogens is 247 g/mol. The Bertz CT molecular complexity index is 489. The van der Waals surface area contributed by atoms with Crippen molar-refractivity contribution in [1.29, 1.82) is 0 Å². The molecule has 0 heterocycles. The second kappa shape index (κ2) is 5.17. The first kappa shape index (κ1) is 13.5. The van der Waals surface area contributed by atoms with Gasteiger partial charge in [-0.25, -0.2) is 4.79 Å². The molecule has 0 radical (unpaired) electrons. The lowest BCUT2D eigenvalue weighted by Crippen LogP contribution is -1.93. The van der Waals surface area contributed by atoms with E-state index in [-0.39, 0.29) is 5.56 Å². The molecule has 0 aromatic heterocycles. The van der Waals surface area contributed by atoms with Gasteiger partial charge in [-0.3, -0.25) is 4.57 Å². The van der Waals surface area contributed by atoms with Crippen LogP contribution in [0.25, 0.3) is 5.31 Å². The predicted octanol–water partition coefficient (Wildman–Crippen LogP) is 1.05. The van der Waals surface area contributed by atoms with Crippen LogP contribution < -0.4 is 9.47 Å². The second-order valence-electron chi connectivity index (χ2n) is 3.10. The van der Waals surface area contributed by atoms with Crippen LogP contribution in [0.5, 0.6) is 11.5 Å². The van der Waals surface area contributed by atoms with Crippen molar-refractivity contribution in [1.82, 2.24) is 0 Å². The van der Waals surface area contributed by atoms with E-state index in [1.165, 1.54) is 38.4 Å². The molecule has 0 saturated carbocycles. The van der Waals surface area contributed by atoms with E-state index in [0.29, 0.717) is 11.5 Å². The van der Waals surface area contributed by atoms with Gasteiger partial charge in [-0.15, -0.1) is 0 Å². The molecule has 0 fully saturated rings. The standard InChI is InChI=1S/C10H11O6P/c1-15-8-3-7(4-9(5-8)16-2)10(6-11)17(12,13)14/h3-5H,1-2H3,(H2,12,13,14). The summed E-state index contributed by atoms with van der Waals surface area (Å²) >= 11 is 0. The Morgan fingerprint density at radius 1 is 1.18 bits per heavy atom. The van der Waals surface area contributed by atoms with E-state index in [9.17, 15) is 9.36 Å². The zero-order valence-electron chi connectivity index (χ0n) is 9.21. The summed E-state index contributed by atoms with van der Waals surface area (Å²) in [5.74, 6) is 1.89. The Morgan fingerprint density at radius 3 is 1.94 bits per heavy atom. The molecule has 6 nitrogen and oxygen atoms in total. The minimum Gasteiger partial charge on any atom is -0.497 e. The second-order valence-corrected chi connectivity index (χ2v) is 4.63. The van der Waals surface area contributed by atoms with Gasteiger partial charge in [0.1, 0.15) is 17.4 Å². The smallest absolute Gasteiger partial charge is 0.367 e. The van der Waals surface area contributed by atoms with E-state index in [0.717, 1.165) is 0 Å². The maximum absolute atomic E-state index is 11.1. The number of hydrogen-bond acceptors (Lipinski definition) is 4. The number of rotatable bonds is 4. The van der Waals surface area contributed by atoms with E-state index in [1.54, 1.807) is 0 Å². The third kappa shape index (κ3) is 3.19. The number of benzene rings is 1. The molecule has 0 aliphatic rings. The average molecular weight is 258 g/mol. The first-order chi connectivity index (χ1) is 7.92. The average Bonchev–Trinajstić information content (AvgIpc) is 2.27. The van der Waals surface area contributed by atoms with Gasteiger partial charge >= 0.3 is 7.60 Å². The highest BCUT2D eigenvalue weighted by atomic mass is 31.2. The van der Waals surface area contributed by atoms with Crippen LogP contribution in [0.2, 0.25) is 0 Å². The van der Waals surface area contributed by atoms with E-state index in [1.807, 2.05) is 0 Å². The van der Waals surface area contributed by atoms with Gasteiger partial charge < -0.3 is 19.3 Å². The quantitative estimate of drug-likeness (QED) is 0.619. The summed E-state index contributed by atoms with van der Waals surface area (Å²) in [6.07, 6.45) is 0. The third-order valence-electron chi connectivity index (χ3n) is 2.01. The first-order valence-corrected chi connectivity index (χ1v) is 6.08. The maximum Gasteiger partial charge on any atom is 0.367 e. The molecule has 7 heteroatoms. The van der Waals surface area contributed by atoms with Crippen molar-refractivity contribution in [2.75, 3.05) is 14.2 Å². The Kier molecular flexibility index (Phi) is 4.10. The van der Waals surface area contributed by atoms with E-state index in [4.69, 9.17) is 19.3 Å². The number of hydrogen-bond donors (Lipinski definition) is 2. The van der Waals surface area contributed by atoms with Crippen LogP contribution in [-0.4, -0.2) is 29.9 Å².